The molecule has 1 aliphatic carbocycles. The third kappa shape index (κ3) is 12.5. The van der Waals surface area contributed by atoms with Crippen molar-refractivity contribution in [3.8, 4) is 11.1 Å². The Morgan fingerprint density at radius 1 is 0.571 bits per heavy atom. The van der Waals surface area contributed by atoms with E-state index in [1.807, 2.05) is 115 Å². The summed E-state index contributed by atoms with van der Waals surface area (Å²) in [4.78, 5) is 79.9. The standard InChI is InChI=1S/C45H51N5O6/c1-30(47-43(54)38(27-31-14-6-2-7-15-31)48-40(51)29-33-18-10-4-11-19-33)41(52)45(56)50-39(28-32-16-8-3-9-17-32)44(55)49-37(42(46)53)26-34-22-24-36(25-23-34)35-20-12-5-13-21-35/h2,4-7,10-15,18-25,30,32,37-39H,3,8-9,16-17,26-29H2,1H3,(H2,46,53)(H,47,54)(H,48,51)(H,49,55)(H,50,56)/t30?,37-,38-,39-/m0/s1. The molecule has 0 saturated heterocycles. The van der Waals surface area contributed by atoms with E-state index in [0.717, 1.165) is 59.9 Å². The number of benzene rings is 4. The van der Waals surface area contributed by atoms with Gasteiger partial charge in [0.2, 0.25) is 29.4 Å². The molecule has 56 heavy (non-hydrogen) atoms. The lowest BCUT2D eigenvalue weighted by Gasteiger charge is -2.28. The van der Waals surface area contributed by atoms with Crippen LogP contribution in [0.15, 0.2) is 115 Å². The number of nitrogens with two attached hydrogens (primary N) is 1. The number of hydrogen-bond acceptors (Lipinski definition) is 6. The lowest BCUT2D eigenvalue weighted by molar-refractivity contribution is -0.141. The van der Waals surface area contributed by atoms with E-state index in [9.17, 15) is 28.8 Å². The molecule has 4 aromatic carbocycles. The molecule has 0 heterocycles. The van der Waals surface area contributed by atoms with Crippen molar-refractivity contribution in [3.05, 3.63) is 132 Å². The molecule has 6 N–H and O–H groups in total. The van der Waals surface area contributed by atoms with Crippen molar-refractivity contribution in [1.29, 1.82) is 0 Å². The van der Waals surface area contributed by atoms with Crippen LogP contribution in [-0.2, 0) is 48.0 Å². The molecule has 5 amide bonds. The quantitative estimate of drug-likeness (QED) is 0.0943. The maximum Gasteiger partial charge on any atom is 0.290 e. The first kappa shape index (κ1) is 41.1. The van der Waals surface area contributed by atoms with Crippen LogP contribution in [0.5, 0.6) is 0 Å². The molecule has 0 bridgehead atoms. The molecule has 1 unspecified atom stereocenters. The first-order valence-electron chi connectivity index (χ1n) is 19.3. The van der Waals surface area contributed by atoms with Crippen molar-refractivity contribution in [2.24, 2.45) is 11.7 Å². The van der Waals surface area contributed by atoms with Crippen molar-refractivity contribution in [2.75, 3.05) is 0 Å². The van der Waals surface area contributed by atoms with E-state index in [4.69, 9.17) is 5.73 Å². The molecular formula is C45H51N5O6. The van der Waals surface area contributed by atoms with Gasteiger partial charge in [0.25, 0.3) is 5.91 Å². The molecule has 1 saturated carbocycles. The van der Waals surface area contributed by atoms with E-state index >= 15 is 0 Å². The molecule has 5 rings (SSSR count). The Morgan fingerprint density at radius 2 is 1.09 bits per heavy atom. The summed E-state index contributed by atoms with van der Waals surface area (Å²) in [5.74, 6) is -4.25. The fourth-order valence-corrected chi connectivity index (χ4v) is 7.07. The van der Waals surface area contributed by atoms with Crippen LogP contribution in [0.4, 0.5) is 0 Å². The normalized spacial score (nSPS) is 14.9. The molecule has 4 atom stereocenters. The number of amides is 5. The Morgan fingerprint density at radius 3 is 1.70 bits per heavy atom. The van der Waals surface area contributed by atoms with Crippen molar-refractivity contribution in [3.63, 3.8) is 0 Å². The third-order valence-electron chi connectivity index (χ3n) is 10.2. The second-order valence-electron chi connectivity index (χ2n) is 14.6. The zero-order valence-electron chi connectivity index (χ0n) is 31.7. The maximum absolute atomic E-state index is 13.8. The Hall–Kier alpha value is -6.10. The smallest absolute Gasteiger partial charge is 0.290 e. The SMILES string of the molecule is CC(NC(=O)[C@H](Cc1ccccc1)NC(=O)Cc1ccccc1)C(=O)C(=O)N[C@@H](CC1CCCCC1)C(=O)N[C@@H](Cc1ccc(-c2ccccc2)cc1)C(N)=O. The minimum absolute atomic E-state index is 0.0535. The zero-order chi connectivity index (χ0) is 39.9. The van der Waals surface area contributed by atoms with E-state index in [-0.39, 0.29) is 37.5 Å². The molecule has 1 aliphatic rings. The molecule has 292 valence electrons. The summed E-state index contributed by atoms with van der Waals surface area (Å²) in [6.07, 6.45) is 5.41. The number of carbonyl (C=O) groups is 6. The predicted octanol–water partition coefficient (Wildman–Crippen LogP) is 4.37. The van der Waals surface area contributed by atoms with Gasteiger partial charge in [-0.05, 0) is 47.1 Å². The highest BCUT2D eigenvalue weighted by molar-refractivity contribution is 6.38. The summed E-state index contributed by atoms with van der Waals surface area (Å²) in [6, 6.07) is 31.2. The average molecular weight is 758 g/mol. The summed E-state index contributed by atoms with van der Waals surface area (Å²) >= 11 is 0. The highest BCUT2D eigenvalue weighted by Crippen LogP contribution is 2.27. The van der Waals surface area contributed by atoms with Crippen molar-refractivity contribution >= 4 is 35.3 Å². The van der Waals surface area contributed by atoms with Crippen LogP contribution < -0.4 is 27.0 Å². The Labute approximate surface area is 328 Å². The van der Waals surface area contributed by atoms with Crippen LogP contribution in [0.1, 0.15) is 62.1 Å². The van der Waals surface area contributed by atoms with Gasteiger partial charge in [-0.3, -0.25) is 28.8 Å². The van der Waals surface area contributed by atoms with E-state index in [2.05, 4.69) is 21.3 Å². The second kappa shape index (κ2) is 20.5. The lowest BCUT2D eigenvalue weighted by Crippen LogP contribution is -2.57. The monoisotopic (exact) mass is 757 g/mol. The minimum atomic E-state index is -1.28. The summed E-state index contributed by atoms with van der Waals surface area (Å²) < 4.78 is 0. The summed E-state index contributed by atoms with van der Waals surface area (Å²) in [5.41, 5.74) is 10.1. The Balaban J connectivity index is 1.23. The highest BCUT2D eigenvalue weighted by atomic mass is 16.2. The summed E-state index contributed by atoms with van der Waals surface area (Å²) in [5, 5.41) is 10.7. The fourth-order valence-electron chi connectivity index (χ4n) is 7.07. The van der Waals surface area contributed by atoms with E-state index in [0.29, 0.717) is 0 Å². The molecule has 0 radical (unpaired) electrons. The third-order valence-corrected chi connectivity index (χ3v) is 10.2. The molecular weight excluding hydrogens is 707 g/mol. The molecule has 11 nitrogen and oxygen atoms in total. The van der Waals surface area contributed by atoms with E-state index in [1.54, 1.807) is 0 Å². The van der Waals surface area contributed by atoms with Gasteiger partial charge < -0.3 is 27.0 Å². The number of primary amides is 1. The van der Waals surface area contributed by atoms with Crippen LogP contribution >= 0.6 is 0 Å². The van der Waals surface area contributed by atoms with Crippen LogP contribution in [0.3, 0.4) is 0 Å². The van der Waals surface area contributed by atoms with Crippen LogP contribution in [0.2, 0.25) is 0 Å². The Bertz CT molecular complexity index is 1930. The number of carbonyl (C=O) groups excluding carboxylic acids is 6. The highest BCUT2D eigenvalue weighted by Gasteiger charge is 2.33. The van der Waals surface area contributed by atoms with Gasteiger partial charge in [0.1, 0.15) is 18.1 Å². The van der Waals surface area contributed by atoms with Crippen molar-refractivity contribution in [2.45, 2.75) is 88.9 Å². The molecule has 0 aromatic heterocycles. The topological polar surface area (TPSA) is 177 Å². The van der Waals surface area contributed by atoms with Gasteiger partial charge in [0, 0.05) is 12.8 Å². The average Bonchev–Trinajstić information content (AvgIpc) is 3.21. The van der Waals surface area contributed by atoms with E-state index in [1.165, 1.54) is 6.92 Å². The van der Waals surface area contributed by atoms with E-state index < -0.39 is 53.6 Å². The first-order valence-corrected chi connectivity index (χ1v) is 19.3. The van der Waals surface area contributed by atoms with Gasteiger partial charge in [-0.1, -0.05) is 147 Å². The van der Waals surface area contributed by atoms with Crippen LogP contribution in [0, 0.1) is 5.92 Å². The predicted molar refractivity (Wildman–Crippen MR) is 215 cm³/mol. The van der Waals surface area contributed by atoms with Gasteiger partial charge in [0.15, 0.2) is 0 Å². The van der Waals surface area contributed by atoms with Gasteiger partial charge in [0.05, 0.1) is 12.5 Å². The van der Waals surface area contributed by atoms with Crippen LogP contribution in [0.25, 0.3) is 11.1 Å². The summed E-state index contributed by atoms with van der Waals surface area (Å²) in [7, 11) is 0. The van der Waals surface area contributed by atoms with Gasteiger partial charge in [-0.15, -0.1) is 0 Å². The zero-order valence-corrected chi connectivity index (χ0v) is 31.7. The molecule has 11 heteroatoms. The molecule has 1 fully saturated rings. The number of hydrogen-bond donors (Lipinski definition) is 5. The largest absolute Gasteiger partial charge is 0.368 e. The minimum Gasteiger partial charge on any atom is -0.368 e. The number of Topliss-reactive ketones (excluding diaryl/α,β-unsaturated/α-hetero) is 1. The molecule has 0 spiro atoms. The van der Waals surface area contributed by atoms with Gasteiger partial charge in [-0.25, -0.2) is 0 Å². The lowest BCUT2D eigenvalue weighted by atomic mass is 9.84. The van der Waals surface area contributed by atoms with Crippen molar-refractivity contribution < 1.29 is 28.8 Å². The number of rotatable bonds is 18. The Kier molecular flexibility index (Phi) is 15.1. The van der Waals surface area contributed by atoms with Gasteiger partial charge >= 0.3 is 0 Å². The van der Waals surface area contributed by atoms with Gasteiger partial charge in [-0.2, -0.15) is 0 Å². The molecule has 4 aromatic rings. The maximum atomic E-state index is 13.8. The number of nitrogens with one attached hydrogen (secondary N) is 4. The molecule has 0 aliphatic heterocycles. The van der Waals surface area contributed by atoms with Crippen molar-refractivity contribution in [1.82, 2.24) is 21.3 Å². The van der Waals surface area contributed by atoms with Crippen LogP contribution in [-0.4, -0.2) is 59.5 Å². The second-order valence-corrected chi connectivity index (χ2v) is 14.6. The number of ketones is 1. The summed E-state index contributed by atoms with van der Waals surface area (Å²) in [6.45, 7) is 1.38. The fraction of sp³-hybridized carbons (Fsp3) is 0.333. The first-order chi connectivity index (χ1) is 27.0.